The molecule has 1 heterocycles. The van der Waals surface area contributed by atoms with Crippen LogP contribution in [-0.2, 0) is 0 Å². The van der Waals surface area contributed by atoms with Crippen molar-refractivity contribution in [2.45, 2.75) is 32.2 Å². The zero-order chi connectivity index (χ0) is 12.0. The molecule has 0 saturated carbocycles. The smallest absolute Gasteiger partial charge is 0.405 e. The van der Waals surface area contributed by atoms with E-state index in [1.54, 1.807) is 18.3 Å². The molecule has 0 radical (unpaired) electrons. The van der Waals surface area contributed by atoms with E-state index in [4.69, 9.17) is 16.7 Å². The first-order valence-corrected chi connectivity index (χ1v) is 5.62. The third-order valence-corrected chi connectivity index (χ3v) is 2.52. The second-order valence-electron chi connectivity index (χ2n) is 3.56. The van der Waals surface area contributed by atoms with Gasteiger partial charge in [0, 0.05) is 6.20 Å². The quantitative estimate of drug-likeness (QED) is 0.780. The number of hydrogen-bond donors (Lipinski definition) is 2. The van der Waals surface area contributed by atoms with Gasteiger partial charge in [0.25, 0.3) is 0 Å². The van der Waals surface area contributed by atoms with Crippen LogP contribution in [-0.4, -0.2) is 16.2 Å². The molecule has 0 aliphatic heterocycles. The number of carbonyl (C=O) groups is 1. The maximum Gasteiger partial charge on any atom is 0.405 e. The monoisotopic (exact) mass is 242 g/mol. The van der Waals surface area contributed by atoms with Crippen LogP contribution in [0.3, 0.4) is 0 Å². The maximum atomic E-state index is 10.7. The molecular formula is C11H15ClN2O2. The highest BCUT2D eigenvalue weighted by Crippen LogP contribution is 2.19. The Morgan fingerprint density at radius 3 is 2.88 bits per heavy atom. The SMILES string of the molecule is CCCCC(NC(=O)O)c1ccc(Cl)nc1. The first kappa shape index (κ1) is 12.8. The van der Waals surface area contributed by atoms with Crippen molar-refractivity contribution in [1.82, 2.24) is 10.3 Å². The van der Waals surface area contributed by atoms with E-state index in [9.17, 15) is 4.79 Å². The largest absolute Gasteiger partial charge is 0.465 e. The first-order valence-electron chi connectivity index (χ1n) is 5.24. The molecule has 1 aromatic rings. The van der Waals surface area contributed by atoms with Gasteiger partial charge in [-0.25, -0.2) is 9.78 Å². The number of pyridine rings is 1. The Kier molecular flexibility index (Phi) is 5.05. The molecule has 0 saturated heterocycles. The number of aromatic nitrogens is 1. The predicted octanol–water partition coefficient (Wildman–Crippen LogP) is 3.23. The van der Waals surface area contributed by atoms with Crippen LogP contribution in [0.5, 0.6) is 0 Å². The number of amides is 1. The Morgan fingerprint density at radius 1 is 1.62 bits per heavy atom. The molecule has 4 nitrogen and oxygen atoms in total. The van der Waals surface area contributed by atoms with E-state index >= 15 is 0 Å². The highest BCUT2D eigenvalue weighted by atomic mass is 35.5. The summed E-state index contributed by atoms with van der Waals surface area (Å²) < 4.78 is 0. The van der Waals surface area contributed by atoms with Crippen molar-refractivity contribution in [1.29, 1.82) is 0 Å². The lowest BCUT2D eigenvalue weighted by atomic mass is 10.0. The number of hydrogen-bond acceptors (Lipinski definition) is 2. The van der Waals surface area contributed by atoms with Crippen LogP contribution < -0.4 is 5.32 Å². The molecule has 5 heteroatoms. The summed E-state index contributed by atoms with van der Waals surface area (Å²) in [6.07, 6.45) is 3.35. The van der Waals surface area contributed by atoms with Crippen molar-refractivity contribution in [3.63, 3.8) is 0 Å². The van der Waals surface area contributed by atoms with Gasteiger partial charge in [-0.3, -0.25) is 0 Å². The Hall–Kier alpha value is -1.29. The molecule has 0 aliphatic rings. The zero-order valence-electron chi connectivity index (χ0n) is 9.11. The summed E-state index contributed by atoms with van der Waals surface area (Å²) in [5.41, 5.74) is 0.847. The fourth-order valence-corrected chi connectivity index (χ4v) is 1.58. The lowest BCUT2D eigenvalue weighted by Gasteiger charge is -2.16. The molecule has 1 atom stereocenters. The van der Waals surface area contributed by atoms with Gasteiger partial charge in [0.15, 0.2) is 0 Å². The second-order valence-corrected chi connectivity index (χ2v) is 3.95. The van der Waals surface area contributed by atoms with Gasteiger partial charge < -0.3 is 10.4 Å². The highest BCUT2D eigenvalue weighted by molar-refractivity contribution is 6.29. The third-order valence-electron chi connectivity index (χ3n) is 2.30. The van der Waals surface area contributed by atoms with Crippen LogP contribution in [0.2, 0.25) is 5.15 Å². The topological polar surface area (TPSA) is 62.2 Å². The lowest BCUT2D eigenvalue weighted by molar-refractivity contribution is 0.189. The summed E-state index contributed by atoms with van der Waals surface area (Å²) in [6.45, 7) is 2.07. The molecular weight excluding hydrogens is 228 g/mol. The Morgan fingerprint density at radius 2 is 2.38 bits per heavy atom. The average Bonchev–Trinajstić information content (AvgIpc) is 2.25. The van der Waals surface area contributed by atoms with Crippen molar-refractivity contribution in [3.05, 3.63) is 29.0 Å². The standard InChI is InChI=1S/C11H15ClN2O2/c1-2-3-4-9(14-11(15)16)8-5-6-10(12)13-7-8/h5-7,9,14H,2-4H2,1H3,(H,15,16). The minimum absolute atomic E-state index is 0.206. The molecule has 0 bridgehead atoms. The molecule has 0 fully saturated rings. The summed E-state index contributed by atoms with van der Waals surface area (Å²) in [5, 5.41) is 11.6. The fourth-order valence-electron chi connectivity index (χ4n) is 1.47. The molecule has 1 unspecified atom stereocenters. The van der Waals surface area contributed by atoms with Crippen LogP contribution in [0.15, 0.2) is 18.3 Å². The van der Waals surface area contributed by atoms with Crippen LogP contribution in [0, 0.1) is 0 Å². The number of rotatable bonds is 5. The van der Waals surface area contributed by atoms with E-state index in [0.717, 1.165) is 24.8 Å². The molecule has 1 rings (SSSR count). The summed E-state index contributed by atoms with van der Waals surface area (Å²) in [5.74, 6) is 0. The van der Waals surface area contributed by atoms with E-state index < -0.39 is 6.09 Å². The predicted molar refractivity (Wildman–Crippen MR) is 62.7 cm³/mol. The van der Waals surface area contributed by atoms with Crippen LogP contribution in [0.1, 0.15) is 37.8 Å². The van der Waals surface area contributed by atoms with Crippen molar-refractivity contribution >= 4 is 17.7 Å². The van der Waals surface area contributed by atoms with Crippen molar-refractivity contribution in [3.8, 4) is 0 Å². The van der Waals surface area contributed by atoms with Crippen LogP contribution >= 0.6 is 11.6 Å². The molecule has 1 aromatic heterocycles. The second kappa shape index (κ2) is 6.33. The van der Waals surface area contributed by atoms with Crippen LogP contribution in [0.25, 0.3) is 0 Å². The van der Waals surface area contributed by atoms with Gasteiger partial charge in [-0.15, -0.1) is 0 Å². The summed E-state index contributed by atoms with van der Waals surface area (Å²) in [7, 11) is 0. The van der Waals surface area contributed by atoms with E-state index in [2.05, 4.69) is 17.2 Å². The van der Waals surface area contributed by atoms with E-state index in [-0.39, 0.29) is 6.04 Å². The number of nitrogens with one attached hydrogen (secondary N) is 1. The number of unbranched alkanes of at least 4 members (excludes halogenated alkanes) is 1. The maximum absolute atomic E-state index is 10.7. The van der Waals surface area contributed by atoms with Gasteiger partial charge in [0.05, 0.1) is 6.04 Å². The normalized spacial score (nSPS) is 12.1. The third kappa shape index (κ3) is 4.06. The minimum atomic E-state index is -1.02. The van der Waals surface area contributed by atoms with Crippen LogP contribution in [0.4, 0.5) is 4.79 Å². The molecule has 16 heavy (non-hydrogen) atoms. The Balaban J connectivity index is 2.74. The van der Waals surface area contributed by atoms with Gasteiger partial charge in [-0.1, -0.05) is 37.4 Å². The highest BCUT2D eigenvalue weighted by Gasteiger charge is 2.13. The van der Waals surface area contributed by atoms with Gasteiger partial charge in [-0.05, 0) is 18.1 Å². The summed E-state index contributed by atoms with van der Waals surface area (Å²) in [4.78, 5) is 14.6. The van der Waals surface area contributed by atoms with Gasteiger partial charge >= 0.3 is 6.09 Å². The van der Waals surface area contributed by atoms with Crippen molar-refractivity contribution < 1.29 is 9.90 Å². The van der Waals surface area contributed by atoms with E-state index in [1.807, 2.05) is 0 Å². The van der Waals surface area contributed by atoms with Gasteiger partial charge in [-0.2, -0.15) is 0 Å². The van der Waals surface area contributed by atoms with Crippen molar-refractivity contribution in [2.24, 2.45) is 0 Å². The first-order chi connectivity index (χ1) is 7.63. The molecule has 0 aliphatic carbocycles. The molecule has 88 valence electrons. The van der Waals surface area contributed by atoms with Gasteiger partial charge in [0.1, 0.15) is 5.15 Å². The summed E-state index contributed by atoms with van der Waals surface area (Å²) in [6, 6.07) is 3.26. The van der Waals surface area contributed by atoms with E-state index in [1.165, 1.54) is 0 Å². The van der Waals surface area contributed by atoms with Crippen molar-refractivity contribution in [2.75, 3.05) is 0 Å². The zero-order valence-corrected chi connectivity index (χ0v) is 9.87. The Labute approximate surface area is 99.6 Å². The number of carboxylic acid groups (broad SMARTS) is 1. The number of halogens is 1. The molecule has 2 N–H and O–H groups in total. The molecule has 1 amide bonds. The number of nitrogens with zero attached hydrogens (tertiary/aromatic N) is 1. The molecule has 0 aromatic carbocycles. The Bertz CT molecular complexity index is 340. The average molecular weight is 243 g/mol. The van der Waals surface area contributed by atoms with Gasteiger partial charge in [0.2, 0.25) is 0 Å². The minimum Gasteiger partial charge on any atom is -0.465 e. The molecule has 0 spiro atoms. The summed E-state index contributed by atoms with van der Waals surface area (Å²) >= 11 is 5.68. The fraction of sp³-hybridized carbons (Fsp3) is 0.455. The van der Waals surface area contributed by atoms with E-state index in [0.29, 0.717) is 5.15 Å². The lowest BCUT2D eigenvalue weighted by Crippen LogP contribution is -2.26.